The fraction of sp³-hybridized carbons (Fsp3) is 0.500. The van der Waals surface area contributed by atoms with Gasteiger partial charge < -0.3 is 14.7 Å². The molecule has 30 heavy (non-hydrogen) atoms. The molecule has 1 aromatic carbocycles. The van der Waals surface area contributed by atoms with Crippen LogP contribution >= 0.6 is 0 Å². The van der Waals surface area contributed by atoms with Gasteiger partial charge in [-0.2, -0.15) is 4.72 Å². The molecule has 1 N–H and O–H groups in total. The smallest absolute Gasteiger partial charge is 0.241 e. The molecule has 2 aliphatic heterocycles. The summed E-state index contributed by atoms with van der Waals surface area (Å²) in [6.45, 7) is 8.85. The van der Waals surface area contributed by atoms with E-state index in [1.54, 1.807) is 28.9 Å². The van der Waals surface area contributed by atoms with E-state index in [-0.39, 0.29) is 16.7 Å². The maximum Gasteiger partial charge on any atom is 0.241 e. The van der Waals surface area contributed by atoms with Crippen molar-refractivity contribution in [3.05, 3.63) is 30.7 Å². The average Bonchev–Trinajstić information content (AvgIpc) is 3.12. The lowest BCUT2D eigenvalue weighted by Gasteiger charge is -2.35. The summed E-state index contributed by atoms with van der Waals surface area (Å²) in [5.74, 6) is -0.526. The van der Waals surface area contributed by atoms with Gasteiger partial charge in [-0.1, -0.05) is 6.07 Å². The quantitative estimate of drug-likeness (QED) is 0.716. The van der Waals surface area contributed by atoms with Gasteiger partial charge in [-0.15, -0.1) is 0 Å². The van der Waals surface area contributed by atoms with Crippen molar-refractivity contribution in [3.63, 3.8) is 0 Å². The molecular weight excluding hydrogens is 408 g/mol. The molecule has 3 rings (SSSR count). The third-order valence-electron chi connectivity index (χ3n) is 5.54. The summed E-state index contributed by atoms with van der Waals surface area (Å²) < 4.78 is 28.3. The second-order valence-electron chi connectivity index (χ2n) is 7.55. The van der Waals surface area contributed by atoms with E-state index < -0.39 is 22.0 Å². The SMILES string of the molecule is [CH2][C@H](NS(=O)(=O)c1cccc(N2CCCC2=O)c1C)C(=O)N1CCN(C(C)=O)CC1. The fourth-order valence-electron chi connectivity index (χ4n) is 3.85. The molecule has 9 nitrogen and oxygen atoms in total. The molecule has 0 unspecified atom stereocenters. The zero-order valence-electron chi connectivity index (χ0n) is 17.3. The molecule has 2 aliphatic rings. The molecule has 3 amide bonds. The molecule has 1 aromatic rings. The first-order valence-corrected chi connectivity index (χ1v) is 11.4. The van der Waals surface area contributed by atoms with E-state index in [4.69, 9.17) is 0 Å². The number of carbonyl (C=O) groups excluding carboxylic acids is 3. The normalized spacial score (nSPS) is 18.6. The maximum absolute atomic E-state index is 13.0. The highest BCUT2D eigenvalue weighted by atomic mass is 32.2. The Morgan fingerprint density at radius 2 is 1.73 bits per heavy atom. The van der Waals surface area contributed by atoms with Crippen molar-refractivity contribution in [2.75, 3.05) is 37.6 Å². The predicted octanol–water partition coefficient (Wildman–Crippen LogP) is 0.294. The molecule has 0 aliphatic carbocycles. The number of hydrogen-bond acceptors (Lipinski definition) is 5. The molecule has 0 saturated carbocycles. The van der Waals surface area contributed by atoms with Crippen molar-refractivity contribution in [1.29, 1.82) is 0 Å². The minimum Gasteiger partial charge on any atom is -0.339 e. The van der Waals surface area contributed by atoms with Crippen LogP contribution in [0.25, 0.3) is 0 Å². The second-order valence-corrected chi connectivity index (χ2v) is 9.24. The van der Waals surface area contributed by atoms with Crippen molar-refractivity contribution in [2.45, 2.75) is 37.6 Å². The minimum atomic E-state index is -4.03. The molecule has 0 aromatic heterocycles. The van der Waals surface area contributed by atoms with Gasteiger partial charge in [-0.25, -0.2) is 8.42 Å². The number of piperazine rings is 1. The van der Waals surface area contributed by atoms with E-state index in [1.807, 2.05) is 0 Å². The molecular formula is C20H27N4O5S. The Hall–Kier alpha value is -2.46. The number of amides is 3. The lowest BCUT2D eigenvalue weighted by molar-refractivity contribution is -0.138. The number of nitrogens with one attached hydrogen (secondary N) is 1. The number of benzene rings is 1. The van der Waals surface area contributed by atoms with Gasteiger partial charge in [0.05, 0.1) is 4.90 Å². The van der Waals surface area contributed by atoms with Crippen LogP contribution in [-0.4, -0.2) is 74.7 Å². The average molecular weight is 436 g/mol. The van der Waals surface area contributed by atoms with Crippen molar-refractivity contribution in [3.8, 4) is 0 Å². The van der Waals surface area contributed by atoms with E-state index >= 15 is 0 Å². The van der Waals surface area contributed by atoms with Gasteiger partial charge in [-0.05, 0) is 38.0 Å². The molecule has 1 atom stereocenters. The van der Waals surface area contributed by atoms with E-state index in [9.17, 15) is 22.8 Å². The molecule has 1 radical (unpaired) electrons. The van der Waals surface area contributed by atoms with Crippen LogP contribution in [0.2, 0.25) is 0 Å². The van der Waals surface area contributed by atoms with Crippen molar-refractivity contribution in [1.82, 2.24) is 14.5 Å². The third-order valence-corrected chi connectivity index (χ3v) is 7.16. The van der Waals surface area contributed by atoms with Crippen LogP contribution in [0.3, 0.4) is 0 Å². The van der Waals surface area contributed by atoms with E-state index in [1.165, 1.54) is 17.9 Å². The summed E-state index contributed by atoms with van der Waals surface area (Å²) in [6, 6.07) is 3.56. The lowest BCUT2D eigenvalue weighted by atomic mass is 10.2. The Morgan fingerprint density at radius 3 is 2.30 bits per heavy atom. The molecule has 0 bridgehead atoms. The van der Waals surface area contributed by atoms with Crippen LogP contribution in [0.4, 0.5) is 5.69 Å². The topological polar surface area (TPSA) is 107 Å². The number of sulfonamides is 1. The predicted molar refractivity (Wildman–Crippen MR) is 111 cm³/mol. The van der Waals surface area contributed by atoms with E-state index in [2.05, 4.69) is 11.6 Å². The fourth-order valence-corrected chi connectivity index (χ4v) is 5.22. The number of rotatable bonds is 5. The Labute approximate surface area is 177 Å². The number of carbonyl (C=O) groups is 3. The van der Waals surface area contributed by atoms with Crippen LogP contribution in [-0.2, 0) is 24.4 Å². The standard InChI is InChI=1S/C20H27N4O5S/c1-14-17(24-9-5-8-19(24)26)6-4-7-18(14)30(28,29)21-15(2)20(27)23-12-10-22(11-13-23)16(3)25/h4,6-7,15,21H,2,5,8-13H2,1,3H3/t15-/m0/s1. The number of anilines is 1. The van der Waals surface area contributed by atoms with Gasteiger partial charge in [0.1, 0.15) is 6.04 Å². The van der Waals surface area contributed by atoms with Gasteiger partial charge >= 0.3 is 0 Å². The van der Waals surface area contributed by atoms with Crippen molar-refractivity contribution in [2.24, 2.45) is 0 Å². The zero-order valence-corrected chi connectivity index (χ0v) is 18.1. The van der Waals surface area contributed by atoms with Crippen molar-refractivity contribution < 1.29 is 22.8 Å². The van der Waals surface area contributed by atoms with Crippen LogP contribution in [0.1, 0.15) is 25.3 Å². The summed E-state index contributed by atoms with van der Waals surface area (Å²) in [4.78, 5) is 40.9. The number of hydrogen-bond donors (Lipinski definition) is 1. The molecule has 2 saturated heterocycles. The van der Waals surface area contributed by atoms with E-state index in [0.717, 1.165) is 6.42 Å². The van der Waals surface area contributed by atoms with Crippen LogP contribution in [0.15, 0.2) is 23.1 Å². The van der Waals surface area contributed by atoms with Gasteiger partial charge in [0, 0.05) is 51.8 Å². The Morgan fingerprint density at radius 1 is 1.10 bits per heavy atom. The largest absolute Gasteiger partial charge is 0.339 e. The zero-order chi connectivity index (χ0) is 22.1. The van der Waals surface area contributed by atoms with Crippen LogP contribution in [0, 0.1) is 13.8 Å². The first-order chi connectivity index (χ1) is 14.1. The first-order valence-electron chi connectivity index (χ1n) is 9.91. The summed E-state index contributed by atoms with van der Waals surface area (Å²) in [5, 5.41) is 0. The molecule has 10 heteroatoms. The van der Waals surface area contributed by atoms with Gasteiger partial charge in [0.2, 0.25) is 27.7 Å². The molecule has 0 spiro atoms. The lowest BCUT2D eigenvalue weighted by Crippen LogP contribution is -2.54. The Bertz CT molecular complexity index is 954. The van der Waals surface area contributed by atoms with Gasteiger partial charge in [0.15, 0.2) is 0 Å². The highest BCUT2D eigenvalue weighted by Crippen LogP contribution is 2.29. The molecule has 163 valence electrons. The minimum absolute atomic E-state index is 0.0162. The maximum atomic E-state index is 13.0. The third kappa shape index (κ3) is 4.49. The van der Waals surface area contributed by atoms with E-state index in [0.29, 0.717) is 50.4 Å². The molecule has 2 fully saturated rings. The number of nitrogens with zero attached hydrogens (tertiary/aromatic N) is 3. The van der Waals surface area contributed by atoms with Crippen molar-refractivity contribution >= 4 is 33.4 Å². The highest BCUT2D eigenvalue weighted by molar-refractivity contribution is 7.89. The summed E-state index contributed by atoms with van der Waals surface area (Å²) in [6.07, 6.45) is 1.18. The Kier molecular flexibility index (Phi) is 6.47. The van der Waals surface area contributed by atoms with Crippen LogP contribution in [0.5, 0.6) is 0 Å². The first kappa shape index (κ1) is 22.2. The van der Waals surface area contributed by atoms with Crippen LogP contribution < -0.4 is 9.62 Å². The van der Waals surface area contributed by atoms with Gasteiger partial charge in [-0.3, -0.25) is 14.4 Å². The van der Waals surface area contributed by atoms with Gasteiger partial charge in [0.25, 0.3) is 0 Å². The molecule has 2 heterocycles. The summed E-state index contributed by atoms with van der Waals surface area (Å²) >= 11 is 0. The Balaban J connectivity index is 1.72. The highest BCUT2D eigenvalue weighted by Gasteiger charge is 2.31. The summed E-state index contributed by atoms with van der Waals surface area (Å²) in [5.41, 5.74) is 1.02. The second kappa shape index (κ2) is 8.73. The summed E-state index contributed by atoms with van der Waals surface area (Å²) in [7, 11) is -4.03. The monoisotopic (exact) mass is 435 g/mol.